The Morgan fingerprint density at radius 3 is 2.79 bits per heavy atom. The van der Waals surface area contributed by atoms with Gasteiger partial charge < -0.3 is 20.1 Å². The molecule has 24 heavy (non-hydrogen) atoms. The van der Waals surface area contributed by atoms with Crippen LogP contribution in [0.2, 0.25) is 0 Å². The molecule has 0 bridgehead atoms. The van der Waals surface area contributed by atoms with Crippen molar-refractivity contribution < 1.29 is 9.59 Å². The van der Waals surface area contributed by atoms with Crippen molar-refractivity contribution in [2.45, 2.75) is 44.7 Å². The molecular formula is C17H27N5O2. The summed E-state index contributed by atoms with van der Waals surface area (Å²) < 4.78 is 1.94. The monoisotopic (exact) mass is 333 g/mol. The number of nitrogens with zero attached hydrogens (tertiary/aromatic N) is 3. The lowest BCUT2D eigenvalue weighted by molar-refractivity contribution is -0.139. The van der Waals surface area contributed by atoms with Crippen LogP contribution in [0.1, 0.15) is 44.5 Å². The van der Waals surface area contributed by atoms with Crippen LogP contribution in [-0.4, -0.2) is 51.9 Å². The van der Waals surface area contributed by atoms with Gasteiger partial charge in [-0.05, 0) is 19.8 Å². The van der Waals surface area contributed by atoms with Gasteiger partial charge in [0.15, 0.2) is 0 Å². The molecule has 0 radical (unpaired) electrons. The molecule has 2 fully saturated rings. The molecule has 1 aromatic rings. The van der Waals surface area contributed by atoms with Crippen molar-refractivity contribution in [3.05, 3.63) is 18.2 Å². The Labute approximate surface area is 142 Å². The highest BCUT2D eigenvalue weighted by Gasteiger charge is 2.34. The van der Waals surface area contributed by atoms with Crippen LogP contribution in [0, 0.1) is 5.92 Å². The van der Waals surface area contributed by atoms with Crippen molar-refractivity contribution in [2.24, 2.45) is 13.0 Å². The Hall–Kier alpha value is -1.89. The van der Waals surface area contributed by atoms with E-state index in [0.29, 0.717) is 13.1 Å². The molecular weight excluding hydrogens is 306 g/mol. The minimum Gasteiger partial charge on any atom is -0.344 e. The van der Waals surface area contributed by atoms with Crippen LogP contribution in [0.5, 0.6) is 0 Å². The zero-order valence-electron chi connectivity index (χ0n) is 14.5. The number of carbonyl (C=O) groups is 2. The van der Waals surface area contributed by atoms with Crippen molar-refractivity contribution >= 4 is 11.8 Å². The van der Waals surface area contributed by atoms with Crippen molar-refractivity contribution in [1.29, 1.82) is 0 Å². The second kappa shape index (κ2) is 7.34. The minimum atomic E-state index is -0.501. The van der Waals surface area contributed by atoms with Gasteiger partial charge in [-0.1, -0.05) is 12.8 Å². The van der Waals surface area contributed by atoms with Crippen molar-refractivity contribution in [3.63, 3.8) is 0 Å². The topological polar surface area (TPSA) is 79.3 Å². The van der Waals surface area contributed by atoms with Gasteiger partial charge in [-0.15, -0.1) is 0 Å². The number of carbonyl (C=O) groups excluding carboxylic acids is 2. The maximum absolute atomic E-state index is 12.9. The van der Waals surface area contributed by atoms with E-state index < -0.39 is 6.04 Å². The van der Waals surface area contributed by atoms with Crippen LogP contribution in [0.15, 0.2) is 12.4 Å². The van der Waals surface area contributed by atoms with Gasteiger partial charge in [-0.2, -0.15) is 0 Å². The number of rotatable bonds is 4. The van der Waals surface area contributed by atoms with Crippen molar-refractivity contribution in [3.8, 4) is 0 Å². The molecule has 2 unspecified atom stereocenters. The quantitative estimate of drug-likeness (QED) is 0.845. The molecule has 2 amide bonds. The molecule has 1 saturated carbocycles. The van der Waals surface area contributed by atoms with Gasteiger partial charge in [-0.3, -0.25) is 9.59 Å². The lowest BCUT2D eigenvalue weighted by Gasteiger charge is -2.37. The summed E-state index contributed by atoms with van der Waals surface area (Å²) in [5, 5.41) is 6.25. The zero-order valence-corrected chi connectivity index (χ0v) is 14.5. The van der Waals surface area contributed by atoms with Crippen LogP contribution in [0.25, 0.3) is 0 Å². The average Bonchev–Trinajstić information content (AvgIpc) is 3.25. The first kappa shape index (κ1) is 17.0. The highest BCUT2D eigenvalue weighted by atomic mass is 16.2. The number of imidazole rings is 1. The predicted molar refractivity (Wildman–Crippen MR) is 90.1 cm³/mol. The first-order chi connectivity index (χ1) is 11.6. The first-order valence-corrected chi connectivity index (χ1v) is 8.86. The Morgan fingerprint density at radius 2 is 2.12 bits per heavy atom. The Morgan fingerprint density at radius 1 is 1.38 bits per heavy atom. The van der Waals surface area contributed by atoms with E-state index in [0.717, 1.165) is 38.1 Å². The summed E-state index contributed by atoms with van der Waals surface area (Å²) in [7, 11) is 1.94. The summed E-state index contributed by atoms with van der Waals surface area (Å²) in [6.45, 7) is 3.85. The standard InChI is InChI=1S/C17H27N5O2/c1-12(20-16(23)13-5-3-4-6-13)17(24)22-10-7-18-11-14(22)15-19-8-9-21(15)2/h8-9,12-14,18H,3-7,10-11H2,1-2H3,(H,20,23). The molecule has 1 aliphatic carbocycles. The summed E-state index contributed by atoms with van der Waals surface area (Å²) >= 11 is 0. The molecule has 132 valence electrons. The van der Waals surface area contributed by atoms with E-state index >= 15 is 0 Å². The Kier molecular flexibility index (Phi) is 5.18. The van der Waals surface area contributed by atoms with Gasteiger partial charge in [0.05, 0.1) is 0 Å². The second-order valence-corrected chi connectivity index (χ2v) is 6.86. The highest BCUT2D eigenvalue weighted by molar-refractivity contribution is 5.88. The van der Waals surface area contributed by atoms with Gasteiger partial charge in [0.25, 0.3) is 0 Å². The van der Waals surface area contributed by atoms with Crippen LogP contribution in [0.3, 0.4) is 0 Å². The third-order valence-corrected chi connectivity index (χ3v) is 5.14. The molecule has 2 N–H and O–H groups in total. The SMILES string of the molecule is CC(NC(=O)C1CCCC1)C(=O)N1CCNCC1c1nccn1C. The van der Waals surface area contributed by atoms with Crippen molar-refractivity contribution in [1.82, 2.24) is 25.1 Å². The second-order valence-electron chi connectivity index (χ2n) is 6.86. The van der Waals surface area contributed by atoms with E-state index in [9.17, 15) is 9.59 Å². The number of hydrogen-bond acceptors (Lipinski definition) is 4. The van der Waals surface area contributed by atoms with Gasteiger partial charge >= 0.3 is 0 Å². The summed E-state index contributed by atoms with van der Waals surface area (Å²) in [6, 6.07) is -0.601. The summed E-state index contributed by atoms with van der Waals surface area (Å²) in [6.07, 6.45) is 7.74. The number of aryl methyl sites for hydroxylation is 1. The maximum Gasteiger partial charge on any atom is 0.245 e. The molecule has 0 spiro atoms. The number of hydrogen-bond donors (Lipinski definition) is 2. The van der Waals surface area contributed by atoms with E-state index in [2.05, 4.69) is 15.6 Å². The molecule has 2 atom stereocenters. The lowest BCUT2D eigenvalue weighted by Crippen LogP contribution is -2.55. The number of aromatic nitrogens is 2. The van der Waals surface area contributed by atoms with Crippen LogP contribution in [0.4, 0.5) is 0 Å². The Bertz CT molecular complexity index is 594. The number of piperazine rings is 1. The largest absolute Gasteiger partial charge is 0.344 e. The average molecular weight is 333 g/mol. The van der Waals surface area contributed by atoms with E-state index in [1.165, 1.54) is 0 Å². The molecule has 7 nitrogen and oxygen atoms in total. The molecule has 7 heteroatoms. The van der Waals surface area contributed by atoms with E-state index in [-0.39, 0.29) is 23.8 Å². The fraction of sp³-hybridized carbons (Fsp3) is 0.706. The number of nitrogens with one attached hydrogen (secondary N) is 2. The molecule has 0 aromatic carbocycles. The lowest BCUT2D eigenvalue weighted by atomic mass is 10.1. The molecule has 1 aromatic heterocycles. The van der Waals surface area contributed by atoms with Crippen molar-refractivity contribution in [2.75, 3.05) is 19.6 Å². The summed E-state index contributed by atoms with van der Waals surface area (Å²) in [4.78, 5) is 31.5. The van der Waals surface area contributed by atoms with E-state index in [1.54, 1.807) is 13.1 Å². The molecule has 1 aliphatic heterocycles. The highest BCUT2D eigenvalue weighted by Crippen LogP contribution is 2.25. The third kappa shape index (κ3) is 3.45. The van der Waals surface area contributed by atoms with Crippen LogP contribution >= 0.6 is 0 Å². The van der Waals surface area contributed by atoms with E-state index in [4.69, 9.17) is 0 Å². The zero-order chi connectivity index (χ0) is 17.1. The third-order valence-electron chi connectivity index (χ3n) is 5.14. The van der Waals surface area contributed by atoms with Gasteiger partial charge in [-0.25, -0.2) is 4.98 Å². The minimum absolute atomic E-state index is 0.0250. The van der Waals surface area contributed by atoms with E-state index in [1.807, 2.05) is 22.7 Å². The van der Waals surface area contributed by atoms with Gasteiger partial charge in [0.2, 0.25) is 11.8 Å². The molecule has 2 heterocycles. The maximum atomic E-state index is 12.9. The predicted octanol–water partition coefficient (Wildman–Crippen LogP) is 0.588. The summed E-state index contributed by atoms with van der Waals surface area (Å²) in [5.74, 6) is 0.936. The molecule has 1 saturated heterocycles. The van der Waals surface area contributed by atoms with Crippen LogP contribution < -0.4 is 10.6 Å². The van der Waals surface area contributed by atoms with Gasteiger partial charge in [0, 0.05) is 45.0 Å². The molecule has 3 rings (SSSR count). The summed E-state index contributed by atoms with van der Waals surface area (Å²) in [5.41, 5.74) is 0. The normalized spacial score (nSPS) is 23.2. The molecule has 2 aliphatic rings. The van der Waals surface area contributed by atoms with Gasteiger partial charge in [0.1, 0.15) is 17.9 Å². The smallest absolute Gasteiger partial charge is 0.245 e. The number of amides is 2. The first-order valence-electron chi connectivity index (χ1n) is 8.86. The fourth-order valence-corrected chi connectivity index (χ4v) is 3.73. The Balaban J connectivity index is 1.67. The van der Waals surface area contributed by atoms with Crippen LogP contribution in [-0.2, 0) is 16.6 Å². The fourth-order valence-electron chi connectivity index (χ4n) is 3.73.